The van der Waals surface area contributed by atoms with Crippen molar-refractivity contribution in [1.29, 1.82) is 0 Å². The molecule has 144 valence electrons. The lowest BCUT2D eigenvalue weighted by molar-refractivity contribution is 0.0165. The molecule has 0 saturated heterocycles. The lowest BCUT2D eigenvalue weighted by atomic mass is 10.0. The van der Waals surface area contributed by atoms with Crippen LogP contribution in [-0.4, -0.2) is 38.8 Å². The fourth-order valence-corrected chi connectivity index (χ4v) is 3.38. The van der Waals surface area contributed by atoms with Crippen LogP contribution in [0.15, 0.2) is 24.3 Å². The van der Waals surface area contributed by atoms with Crippen LogP contribution in [0.4, 0.5) is 4.79 Å². The van der Waals surface area contributed by atoms with Crippen molar-refractivity contribution >= 4 is 23.6 Å². The number of rotatable bonds is 2. The predicted octanol–water partition coefficient (Wildman–Crippen LogP) is 3.61. The van der Waals surface area contributed by atoms with E-state index < -0.39 is 17.6 Å². The minimum absolute atomic E-state index is 0.132. The number of aromatic nitrogens is 2. The molecule has 0 spiro atoms. The molecule has 2 amide bonds. The van der Waals surface area contributed by atoms with E-state index in [0.29, 0.717) is 34.1 Å². The summed E-state index contributed by atoms with van der Waals surface area (Å²) in [6, 6.07) is 6.96. The fraction of sp³-hybridized carbons (Fsp3) is 0.421. The predicted molar refractivity (Wildman–Crippen MR) is 103 cm³/mol. The molecule has 2 heterocycles. The first-order valence-corrected chi connectivity index (χ1v) is 9.09. The number of ether oxygens (including phenoxy) is 1. The van der Waals surface area contributed by atoms with Crippen molar-refractivity contribution in [2.24, 2.45) is 5.73 Å². The zero-order chi connectivity index (χ0) is 19.9. The molecule has 1 aliphatic heterocycles. The number of hydrogen-bond donors (Lipinski definition) is 1. The Labute approximate surface area is 163 Å². The first kappa shape index (κ1) is 19.2. The molecule has 1 aromatic heterocycles. The highest BCUT2D eigenvalue weighted by molar-refractivity contribution is 6.30. The van der Waals surface area contributed by atoms with E-state index in [9.17, 15) is 9.59 Å². The van der Waals surface area contributed by atoms with Gasteiger partial charge in [-0.05, 0) is 39.8 Å². The van der Waals surface area contributed by atoms with Crippen LogP contribution in [0.1, 0.15) is 49.8 Å². The number of primary amides is 1. The van der Waals surface area contributed by atoms with Gasteiger partial charge in [0.05, 0.1) is 23.8 Å². The third kappa shape index (κ3) is 3.93. The Morgan fingerprint density at radius 3 is 2.63 bits per heavy atom. The largest absolute Gasteiger partial charge is 0.444 e. The van der Waals surface area contributed by atoms with E-state index in [1.165, 1.54) is 0 Å². The quantitative estimate of drug-likeness (QED) is 0.847. The second kappa shape index (κ2) is 6.88. The zero-order valence-electron chi connectivity index (χ0n) is 15.8. The monoisotopic (exact) mass is 390 g/mol. The number of nitrogens with zero attached hydrogens (tertiary/aromatic N) is 3. The summed E-state index contributed by atoms with van der Waals surface area (Å²) in [5.74, 6) is -0.593. The van der Waals surface area contributed by atoms with Crippen LogP contribution in [-0.2, 0) is 11.3 Å². The summed E-state index contributed by atoms with van der Waals surface area (Å²) in [7, 11) is 0. The summed E-state index contributed by atoms with van der Waals surface area (Å²) in [5, 5.41) is 5.15. The van der Waals surface area contributed by atoms with Crippen molar-refractivity contribution in [3.8, 4) is 11.3 Å². The maximum absolute atomic E-state index is 12.5. The van der Waals surface area contributed by atoms with E-state index in [1.54, 1.807) is 27.8 Å². The molecule has 7 nitrogen and oxygen atoms in total. The lowest BCUT2D eigenvalue weighted by Gasteiger charge is -2.33. The lowest BCUT2D eigenvalue weighted by Crippen LogP contribution is -2.43. The standard InChI is InChI=1S/C19H23ClN4O3/c1-11-9-23(18(26)27-19(2,3)4)10-14-15(17(21)25)16(22-24(11)14)12-6-5-7-13(20)8-12/h5-8,11H,9-10H2,1-4H3,(H2,21,25). The molecule has 8 heteroatoms. The molecule has 1 unspecified atom stereocenters. The molecule has 2 N–H and O–H groups in total. The SMILES string of the molecule is CC1CN(C(=O)OC(C)(C)C)Cc2c(C(N)=O)c(-c3cccc(Cl)c3)nn21. The molecular weight excluding hydrogens is 368 g/mol. The highest BCUT2D eigenvalue weighted by Gasteiger charge is 2.34. The van der Waals surface area contributed by atoms with E-state index in [-0.39, 0.29) is 12.6 Å². The first-order chi connectivity index (χ1) is 12.6. The second-order valence-electron chi connectivity index (χ2n) is 7.70. The molecule has 27 heavy (non-hydrogen) atoms. The number of carbonyl (C=O) groups is 2. The number of hydrogen-bond acceptors (Lipinski definition) is 4. The summed E-state index contributed by atoms with van der Waals surface area (Å²) >= 11 is 6.09. The maximum atomic E-state index is 12.5. The van der Waals surface area contributed by atoms with Crippen LogP contribution in [0.2, 0.25) is 5.02 Å². The van der Waals surface area contributed by atoms with Crippen LogP contribution in [0.25, 0.3) is 11.3 Å². The average molecular weight is 391 g/mol. The molecule has 0 aliphatic carbocycles. The topological polar surface area (TPSA) is 90.4 Å². The number of benzene rings is 1. The van der Waals surface area contributed by atoms with Crippen molar-refractivity contribution in [2.75, 3.05) is 6.54 Å². The summed E-state index contributed by atoms with van der Waals surface area (Å²) < 4.78 is 7.23. The number of fused-ring (bicyclic) bond motifs is 1. The van der Waals surface area contributed by atoms with Gasteiger partial charge in [0.25, 0.3) is 5.91 Å². The Balaban J connectivity index is 2.04. The third-order valence-corrected chi connectivity index (χ3v) is 4.48. The number of carbonyl (C=O) groups excluding carboxylic acids is 2. The number of amides is 2. The molecule has 3 rings (SSSR count). The van der Waals surface area contributed by atoms with Gasteiger partial charge in [-0.25, -0.2) is 4.79 Å². The molecule has 0 saturated carbocycles. The summed E-state index contributed by atoms with van der Waals surface area (Å²) in [5.41, 5.74) is 7.14. The van der Waals surface area contributed by atoms with E-state index in [4.69, 9.17) is 22.1 Å². The Kier molecular flexibility index (Phi) is 4.90. The van der Waals surface area contributed by atoms with Crippen LogP contribution < -0.4 is 5.73 Å². The van der Waals surface area contributed by atoms with Gasteiger partial charge in [-0.15, -0.1) is 0 Å². The van der Waals surface area contributed by atoms with Crippen molar-refractivity contribution in [3.05, 3.63) is 40.5 Å². The van der Waals surface area contributed by atoms with Crippen molar-refractivity contribution in [3.63, 3.8) is 0 Å². The van der Waals surface area contributed by atoms with Crippen molar-refractivity contribution in [1.82, 2.24) is 14.7 Å². The Bertz CT molecular complexity index is 901. The Hall–Kier alpha value is -2.54. The van der Waals surface area contributed by atoms with E-state index in [0.717, 1.165) is 0 Å². The van der Waals surface area contributed by atoms with Gasteiger partial charge in [-0.2, -0.15) is 5.10 Å². The normalized spacial score (nSPS) is 16.8. The van der Waals surface area contributed by atoms with Crippen LogP contribution in [0.3, 0.4) is 0 Å². The van der Waals surface area contributed by atoms with E-state index >= 15 is 0 Å². The van der Waals surface area contributed by atoms with Gasteiger partial charge >= 0.3 is 6.09 Å². The highest BCUT2D eigenvalue weighted by Crippen LogP contribution is 2.32. The van der Waals surface area contributed by atoms with E-state index in [2.05, 4.69) is 5.10 Å². The first-order valence-electron chi connectivity index (χ1n) is 8.72. The summed E-state index contributed by atoms with van der Waals surface area (Å²) in [6.45, 7) is 8.00. The Morgan fingerprint density at radius 2 is 2.04 bits per heavy atom. The van der Waals surface area contributed by atoms with E-state index in [1.807, 2.05) is 33.8 Å². The molecule has 1 aromatic carbocycles. The number of nitrogens with two attached hydrogens (primary N) is 1. The Morgan fingerprint density at radius 1 is 1.33 bits per heavy atom. The van der Waals surface area contributed by atoms with Gasteiger partial charge < -0.3 is 15.4 Å². The summed E-state index contributed by atoms with van der Waals surface area (Å²) in [6.07, 6.45) is -0.429. The minimum Gasteiger partial charge on any atom is -0.444 e. The summed E-state index contributed by atoms with van der Waals surface area (Å²) in [4.78, 5) is 26.3. The third-order valence-electron chi connectivity index (χ3n) is 4.25. The van der Waals surface area contributed by atoms with Gasteiger partial charge in [0.1, 0.15) is 11.3 Å². The fourth-order valence-electron chi connectivity index (χ4n) is 3.19. The molecule has 1 aliphatic rings. The highest BCUT2D eigenvalue weighted by atomic mass is 35.5. The molecular formula is C19H23ClN4O3. The number of halogens is 1. The smallest absolute Gasteiger partial charge is 0.410 e. The van der Waals surface area contributed by atoms with Crippen LogP contribution in [0.5, 0.6) is 0 Å². The molecule has 1 atom stereocenters. The second-order valence-corrected chi connectivity index (χ2v) is 8.14. The maximum Gasteiger partial charge on any atom is 0.410 e. The van der Waals surface area contributed by atoms with Gasteiger partial charge in [-0.3, -0.25) is 9.48 Å². The molecule has 0 radical (unpaired) electrons. The van der Waals surface area contributed by atoms with Crippen LogP contribution in [0, 0.1) is 0 Å². The van der Waals surface area contributed by atoms with Gasteiger partial charge in [0, 0.05) is 17.1 Å². The van der Waals surface area contributed by atoms with Gasteiger partial charge in [0.15, 0.2) is 0 Å². The van der Waals surface area contributed by atoms with Gasteiger partial charge in [-0.1, -0.05) is 23.7 Å². The van der Waals surface area contributed by atoms with Gasteiger partial charge in [0.2, 0.25) is 0 Å². The van der Waals surface area contributed by atoms with Crippen molar-refractivity contribution < 1.29 is 14.3 Å². The zero-order valence-corrected chi connectivity index (χ0v) is 16.6. The average Bonchev–Trinajstić information content (AvgIpc) is 2.93. The van der Waals surface area contributed by atoms with Crippen LogP contribution >= 0.6 is 11.6 Å². The van der Waals surface area contributed by atoms with Crippen molar-refractivity contribution in [2.45, 2.75) is 45.9 Å². The molecule has 0 fully saturated rings. The molecule has 0 bridgehead atoms. The minimum atomic E-state index is -0.601. The molecule has 2 aromatic rings.